The summed E-state index contributed by atoms with van der Waals surface area (Å²) in [5.74, 6) is -0.144. The molecule has 0 saturated carbocycles. The van der Waals surface area contributed by atoms with Crippen molar-refractivity contribution in [2.75, 3.05) is 31.1 Å². The molecule has 0 aliphatic rings. The van der Waals surface area contributed by atoms with E-state index in [4.69, 9.17) is 0 Å². The van der Waals surface area contributed by atoms with Crippen molar-refractivity contribution in [3.63, 3.8) is 0 Å². The smallest absolute Gasteiger partial charge is 0.261 e. The van der Waals surface area contributed by atoms with Crippen LogP contribution < -0.4 is 10.5 Å². The van der Waals surface area contributed by atoms with Crippen LogP contribution in [-0.2, 0) is 11.3 Å². The van der Waals surface area contributed by atoms with Gasteiger partial charge < -0.3 is 9.80 Å². The van der Waals surface area contributed by atoms with Gasteiger partial charge in [-0.2, -0.15) is 0 Å². The Labute approximate surface area is 178 Å². The molecule has 0 atom stereocenters. The largest absolute Gasteiger partial charge is 0.310 e. The van der Waals surface area contributed by atoms with Crippen LogP contribution in [0, 0.1) is 0 Å². The molecule has 1 aromatic heterocycles. The number of fused-ring (bicyclic) bond motifs is 1. The van der Waals surface area contributed by atoms with Crippen LogP contribution in [-0.4, -0.2) is 46.5 Å². The van der Waals surface area contributed by atoms with Crippen LogP contribution in [0.2, 0.25) is 0 Å². The first kappa shape index (κ1) is 21.2. The van der Waals surface area contributed by atoms with Crippen LogP contribution in [0.15, 0.2) is 64.1 Å². The molecule has 0 saturated heterocycles. The van der Waals surface area contributed by atoms with Gasteiger partial charge in [0.2, 0.25) is 5.91 Å². The van der Waals surface area contributed by atoms with E-state index in [0.29, 0.717) is 17.4 Å². The quantitative estimate of drug-likeness (QED) is 0.520. The van der Waals surface area contributed by atoms with Crippen molar-refractivity contribution < 1.29 is 4.79 Å². The van der Waals surface area contributed by atoms with Crippen LogP contribution in [0.4, 0.5) is 5.69 Å². The minimum atomic E-state index is -0.207. The lowest BCUT2D eigenvalue weighted by atomic mass is 10.2. The van der Waals surface area contributed by atoms with Gasteiger partial charge in [-0.25, -0.2) is 4.98 Å². The summed E-state index contributed by atoms with van der Waals surface area (Å²) in [6, 6.07) is 14.8. The molecule has 0 aliphatic heterocycles. The van der Waals surface area contributed by atoms with E-state index in [9.17, 15) is 9.59 Å². The summed E-state index contributed by atoms with van der Waals surface area (Å²) in [5.41, 5.74) is 1.23. The van der Waals surface area contributed by atoms with Gasteiger partial charge in [-0.05, 0) is 43.4 Å². The van der Waals surface area contributed by atoms with E-state index in [1.165, 1.54) is 10.9 Å². The highest BCUT2D eigenvalue weighted by Crippen LogP contribution is 2.20. The number of carbonyl (C=O) groups is 1. The molecule has 0 unspecified atom stereocenters. The Kier molecular flexibility index (Phi) is 7.17. The zero-order valence-electron chi connectivity index (χ0n) is 16.7. The summed E-state index contributed by atoms with van der Waals surface area (Å²) >= 11 is 3.48. The van der Waals surface area contributed by atoms with Crippen molar-refractivity contribution in [3.8, 4) is 0 Å². The molecule has 1 amide bonds. The van der Waals surface area contributed by atoms with E-state index in [-0.39, 0.29) is 18.0 Å². The van der Waals surface area contributed by atoms with Crippen molar-refractivity contribution in [3.05, 3.63) is 69.7 Å². The lowest BCUT2D eigenvalue weighted by Gasteiger charge is -2.27. The summed E-state index contributed by atoms with van der Waals surface area (Å²) in [4.78, 5) is 34.3. The summed E-state index contributed by atoms with van der Waals surface area (Å²) in [6.07, 6.45) is 1.45. The highest BCUT2D eigenvalue weighted by Gasteiger charge is 2.18. The Balaban J connectivity index is 1.88. The molecule has 152 valence electrons. The second-order valence-corrected chi connectivity index (χ2v) is 7.66. The molecule has 6 nitrogen and oxygen atoms in total. The number of nitrogens with zero attached hydrogens (tertiary/aromatic N) is 4. The lowest BCUT2D eigenvalue weighted by Crippen LogP contribution is -2.41. The number of anilines is 1. The monoisotopic (exact) mass is 456 g/mol. The molecule has 0 spiro atoms. The number of amides is 1. The third-order valence-electron chi connectivity index (χ3n) is 4.99. The Morgan fingerprint density at radius 3 is 2.55 bits per heavy atom. The SMILES string of the molecule is CCN(CC)CCN(C(=O)Cn1cnc2ccccc2c1=O)c1cccc(Br)c1. The van der Waals surface area contributed by atoms with E-state index < -0.39 is 0 Å². The zero-order chi connectivity index (χ0) is 20.8. The maximum atomic E-state index is 13.2. The van der Waals surface area contributed by atoms with Gasteiger partial charge in [0, 0.05) is 23.2 Å². The Hall–Kier alpha value is -2.51. The van der Waals surface area contributed by atoms with E-state index in [1.54, 1.807) is 23.1 Å². The highest BCUT2D eigenvalue weighted by atomic mass is 79.9. The maximum absolute atomic E-state index is 13.2. The second kappa shape index (κ2) is 9.80. The number of para-hydroxylation sites is 1. The number of hydrogen-bond acceptors (Lipinski definition) is 4. The number of likely N-dealkylation sites (N-methyl/N-ethyl adjacent to an activating group) is 1. The van der Waals surface area contributed by atoms with Crippen LogP contribution in [0.1, 0.15) is 13.8 Å². The number of hydrogen-bond donors (Lipinski definition) is 0. The van der Waals surface area contributed by atoms with Crippen molar-refractivity contribution in [1.29, 1.82) is 0 Å². The minimum absolute atomic E-state index is 0.0541. The summed E-state index contributed by atoms with van der Waals surface area (Å²) in [5, 5.41) is 0.514. The molecule has 0 N–H and O–H groups in total. The van der Waals surface area contributed by atoms with Crippen molar-refractivity contribution in [1.82, 2.24) is 14.5 Å². The number of rotatable bonds is 8. The molecule has 0 radical (unpaired) electrons. The van der Waals surface area contributed by atoms with Crippen molar-refractivity contribution in [2.45, 2.75) is 20.4 Å². The van der Waals surface area contributed by atoms with Gasteiger partial charge in [-0.15, -0.1) is 0 Å². The third-order valence-corrected chi connectivity index (χ3v) is 5.49. The summed E-state index contributed by atoms with van der Waals surface area (Å²) in [7, 11) is 0. The molecule has 3 aromatic rings. The predicted molar refractivity (Wildman–Crippen MR) is 120 cm³/mol. The molecule has 1 heterocycles. The average molecular weight is 457 g/mol. The standard InChI is InChI=1S/C22H25BrN4O2/c1-3-25(4-2)12-13-27(18-9-7-8-17(23)14-18)21(28)15-26-16-24-20-11-6-5-10-19(20)22(26)29/h5-11,14,16H,3-4,12-13,15H2,1-2H3. The van der Waals surface area contributed by atoms with Crippen LogP contribution in [0.25, 0.3) is 10.9 Å². The fraction of sp³-hybridized carbons (Fsp3) is 0.318. The molecular formula is C22H25BrN4O2. The van der Waals surface area contributed by atoms with Gasteiger partial charge in [-0.1, -0.05) is 48.0 Å². The van der Waals surface area contributed by atoms with E-state index in [1.807, 2.05) is 30.3 Å². The van der Waals surface area contributed by atoms with Gasteiger partial charge in [0.15, 0.2) is 0 Å². The van der Waals surface area contributed by atoms with Gasteiger partial charge >= 0.3 is 0 Å². The number of halogens is 1. The van der Waals surface area contributed by atoms with Crippen LogP contribution >= 0.6 is 15.9 Å². The Morgan fingerprint density at radius 2 is 1.83 bits per heavy atom. The van der Waals surface area contributed by atoms with E-state index >= 15 is 0 Å². The minimum Gasteiger partial charge on any atom is -0.310 e. The topological polar surface area (TPSA) is 58.4 Å². The van der Waals surface area contributed by atoms with Crippen LogP contribution in [0.3, 0.4) is 0 Å². The van der Waals surface area contributed by atoms with Crippen LogP contribution in [0.5, 0.6) is 0 Å². The molecular weight excluding hydrogens is 432 g/mol. The lowest BCUT2D eigenvalue weighted by molar-refractivity contribution is -0.119. The zero-order valence-corrected chi connectivity index (χ0v) is 18.3. The fourth-order valence-electron chi connectivity index (χ4n) is 3.27. The number of aromatic nitrogens is 2. The average Bonchev–Trinajstić information content (AvgIpc) is 2.73. The van der Waals surface area contributed by atoms with Gasteiger partial charge in [0.25, 0.3) is 5.56 Å². The molecule has 0 fully saturated rings. The Morgan fingerprint density at radius 1 is 1.07 bits per heavy atom. The second-order valence-electron chi connectivity index (χ2n) is 6.75. The third kappa shape index (κ3) is 5.10. The maximum Gasteiger partial charge on any atom is 0.261 e. The van der Waals surface area contributed by atoms with E-state index in [2.05, 4.69) is 39.7 Å². The number of benzene rings is 2. The van der Waals surface area contributed by atoms with Crippen molar-refractivity contribution in [2.24, 2.45) is 0 Å². The first-order valence-electron chi connectivity index (χ1n) is 9.76. The predicted octanol–water partition coefficient (Wildman–Crippen LogP) is 3.53. The number of carbonyl (C=O) groups excluding carboxylic acids is 1. The van der Waals surface area contributed by atoms with Crippen molar-refractivity contribution >= 4 is 38.4 Å². The Bertz CT molecular complexity index is 1050. The highest BCUT2D eigenvalue weighted by molar-refractivity contribution is 9.10. The molecule has 29 heavy (non-hydrogen) atoms. The summed E-state index contributed by atoms with van der Waals surface area (Å²) < 4.78 is 2.28. The first-order chi connectivity index (χ1) is 14.0. The normalized spacial score (nSPS) is 11.2. The molecule has 2 aromatic carbocycles. The molecule has 0 aliphatic carbocycles. The molecule has 3 rings (SSSR count). The first-order valence-corrected chi connectivity index (χ1v) is 10.5. The fourth-order valence-corrected chi connectivity index (χ4v) is 3.66. The van der Waals surface area contributed by atoms with E-state index in [0.717, 1.165) is 29.8 Å². The van der Waals surface area contributed by atoms with Gasteiger partial charge in [-0.3, -0.25) is 14.2 Å². The summed E-state index contributed by atoms with van der Waals surface area (Å²) in [6.45, 7) is 7.31. The van der Waals surface area contributed by atoms with Gasteiger partial charge in [0.1, 0.15) is 6.54 Å². The molecule has 0 bridgehead atoms. The molecule has 7 heteroatoms. The van der Waals surface area contributed by atoms with Gasteiger partial charge in [0.05, 0.1) is 17.2 Å².